The zero-order chi connectivity index (χ0) is 14.8. The van der Waals surface area contributed by atoms with Gasteiger partial charge in [-0.2, -0.15) is 0 Å². The molecule has 0 aromatic heterocycles. The first-order chi connectivity index (χ1) is 10.1. The molecule has 3 aromatic carbocycles. The molecule has 0 aliphatic rings. The van der Waals surface area contributed by atoms with E-state index in [1.807, 2.05) is 36.4 Å². The molecule has 0 saturated heterocycles. The van der Waals surface area contributed by atoms with Crippen molar-refractivity contribution in [1.29, 1.82) is 0 Å². The van der Waals surface area contributed by atoms with Gasteiger partial charge in [0.2, 0.25) is 0 Å². The minimum atomic E-state index is -1.05. The van der Waals surface area contributed by atoms with Gasteiger partial charge in [-0.1, -0.05) is 48.0 Å². The first kappa shape index (κ1) is 13.5. The lowest BCUT2D eigenvalue weighted by molar-refractivity contribution is 0.205. The maximum atomic E-state index is 11.6. The Balaban J connectivity index is 2.13. The number of nitrogens with zero attached hydrogens (tertiary/aromatic N) is 1. The molecule has 1 amide bonds. The summed E-state index contributed by atoms with van der Waals surface area (Å²) in [6, 6.07) is 20.2. The predicted molar refractivity (Wildman–Crippen MR) is 85.6 cm³/mol. The standard InChI is InChI=1S/C17H12ClNO2/c18-14-6-3-7-15(11-14)19(17(20)21)16-9-8-12-4-1-2-5-13(12)10-16/h1-11H,(H,20,21). The van der Waals surface area contributed by atoms with Crippen molar-refractivity contribution in [1.82, 2.24) is 0 Å². The first-order valence-corrected chi connectivity index (χ1v) is 6.80. The lowest BCUT2D eigenvalue weighted by Gasteiger charge is -2.20. The maximum Gasteiger partial charge on any atom is 0.416 e. The molecule has 0 aliphatic heterocycles. The van der Waals surface area contributed by atoms with E-state index in [9.17, 15) is 9.90 Å². The van der Waals surface area contributed by atoms with Gasteiger partial charge in [-0.25, -0.2) is 9.69 Å². The minimum Gasteiger partial charge on any atom is -0.464 e. The molecule has 0 spiro atoms. The van der Waals surface area contributed by atoms with E-state index in [-0.39, 0.29) is 0 Å². The molecule has 104 valence electrons. The Hall–Kier alpha value is -2.52. The van der Waals surface area contributed by atoms with Crippen LogP contribution in [0.5, 0.6) is 0 Å². The van der Waals surface area contributed by atoms with E-state index < -0.39 is 6.09 Å². The molecule has 21 heavy (non-hydrogen) atoms. The highest BCUT2D eigenvalue weighted by molar-refractivity contribution is 6.31. The van der Waals surface area contributed by atoms with Gasteiger partial charge >= 0.3 is 6.09 Å². The Morgan fingerprint density at radius 3 is 2.29 bits per heavy atom. The molecule has 1 N–H and O–H groups in total. The normalized spacial score (nSPS) is 10.5. The fraction of sp³-hybridized carbons (Fsp3) is 0. The van der Waals surface area contributed by atoms with Crippen molar-refractivity contribution < 1.29 is 9.90 Å². The van der Waals surface area contributed by atoms with E-state index in [4.69, 9.17) is 11.6 Å². The van der Waals surface area contributed by atoms with Crippen LogP contribution < -0.4 is 4.90 Å². The fourth-order valence-corrected chi connectivity index (χ4v) is 2.49. The summed E-state index contributed by atoms with van der Waals surface area (Å²) in [5, 5.41) is 12.1. The average Bonchev–Trinajstić information content (AvgIpc) is 2.47. The van der Waals surface area contributed by atoms with Gasteiger partial charge in [-0.3, -0.25) is 0 Å². The van der Waals surface area contributed by atoms with Crippen LogP contribution in [0.25, 0.3) is 10.8 Å². The zero-order valence-electron chi connectivity index (χ0n) is 11.0. The molecule has 0 heterocycles. The van der Waals surface area contributed by atoms with Crippen LogP contribution in [-0.2, 0) is 0 Å². The Bertz CT molecular complexity index is 817. The van der Waals surface area contributed by atoms with Gasteiger partial charge in [0.05, 0.1) is 11.4 Å². The molecule has 4 heteroatoms. The Kier molecular flexibility index (Phi) is 3.50. The molecule has 0 saturated carbocycles. The van der Waals surface area contributed by atoms with Gasteiger partial charge in [0, 0.05) is 5.02 Å². The summed E-state index contributed by atoms with van der Waals surface area (Å²) in [6.45, 7) is 0. The third kappa shape index (κ3) is 2.69. The highest BCUT2D eigenvalue weighted by Crippen LogP contribution is 2.30. The van der Waals surface area contributed by atoms with Crippen LogP contribution in [0.3, 0.4) is 0 Å². The molecular weight excluding hydrogens is 286 g/mol. The number of amides is 1. The molecule has 3 nitrogen and oxygen atoms in total. The fourth-order valence-electron chi connectivity index (χ4n) is 2.30. The van der Waals surface area contributed by atoms with E-state index in [0.717, 1.165) is 10.8 Å². The van der Waals surface area contributed by atoms with Gasteiger partial charge < -0.3 is 5.11 Å². The molecule has 0 radical (unpaired) electrons. The van der Waals surface area contributed by atoms with Gasteiger partial charge in [0.15, 0.2) is 0 Å². The van der Waals surface area contributed by atoms with Crippen LogP contribution in [0, 0.1) is 0 Å². The Morgan fingerprint density at radius 1 is 0.857 bits per heavy atom. The van der Waals surface area contributed by atoms with Crippen molar-refractivity contribution in [2.75, 3.05) is 4.90 Å². The minimum absolute atomic E-state index is 0.500. The van der Waals surface area contributed by atoms with Crippen LogP contribution in [0.15, 0.2) is 66.7 Å². The summed E-state index contributed by atoms with van der Waals surface area (Å²) in [4.78, 5) is 12.9. The molecular formula is C17H12ClNO2. The van der Waals surface area contributed by atoms with Crippen molar-refractivity contribution in [3.8, 4) is 0 Å². The number of carbonyl (C=O) groups is 1. The zero-order valence-corrected chi connectivity index (χ0v) is 11.8. The topological polar surface area (TPSA) is 40.5 Å². The number of anilines is 2. The number of hydrogen-bond donors (Lipinski definition) is 1. The third-order valence-corrected chi connectivity index (χ3v) is 3.48. The number of rotatable bonds is 2. The quantitative estimate of drug-likeness (QED) is 0.696. The van der Waals surface area contributed by atoms with Crippen molar-refractivity contribution in [3.63, 3.8) is 0 Å². The number of fused-ring (bicyclic) bond motifs is 1. The summed E-state index contributed by atoms with van der Waals surface area (Å²) >= 11 is 5.96. The van der Waals surface area contributed by atoms with Crippen LogP contribution in [0.2, 0.25) is 5.02 Å². The Labute approximate surface area is 127 Å². The van der Waals surface area contributed by atoms with E-state index in [0.29, 0.717) is 16.4 Å². The molecule has 0 aliphatic carbocycles. The molecule has 3 rings (SSSR count). The largest absolute Gasteiger partial charge is 0.464 e. The van der Waals surface area contributed by atoms with E-state index >= 15 is 0 Å². The molecule has 0 fully saturated rings. The van der Waals surface area contributed by atoms with Gasteiger partial charge in [0.25, 0.3) is 0 Å². The summed E-state index contributed by atoms with van der Waals surface area (Å²) in [5.74, 6) is 0. The highest BCUT2D eigenvalue weighted by Gasteiger charge is 2.17. The highest BCUT2D eigenvalue weighted by atomic mass is 35.5. The molecule has 3 aromatic rings. The Morgan fingerprint density at radius 2 is 1.57 bits per heavy atom. The number of carboxylic acid groups (broad SMARTS) is 1. The second kappa shape index (κ2) is 5.46. The average molecular weight is 298 g/mol. The van der Waals surface area contributed by atoms with E-state index in [1.165, 1.54) is 4.90 Å². The van der Waals surface area contributed by atoms with Crippen LogP contribution in [0.4, 0.5) is 16.2 Å². The summed E-state index contributed by atoms with van der Waals surface area (Å²) in [7, 11) is 0. The van der Waals surface area contributed by atoms with Crippen LogP contribution in [-0.4, -0.2) is 11.2 Å². The summed E-state index contributed by atoms with van der Waals surface area (Å²) < 4.78 is 0. The summed E-state index contributed by atoms with van der Waals surface area (Å²) in [5.41, 5.74) is 1.11. The van der Waals surface area contributed by atoms with E-state index in [1.54, 1.807) is 30.3 Å². The van der Waals surface area contributed by atoms with Crippen molar-refractivity contribution in [2.24, 2.45) is 0 Å². The second-order valence-corrected chi connectivity index (χ2v) is 5.07. The number of benzene rings is 3. The lowest BCUT2D eigenvalue weighted by atomic mass is 10.1. The molecule has 0 bridgehead atoms. The number of hydrogen-bond acceptors (Lipinski definition) is 1. The van der Waals surface area contributed by atoms with Crippen LogP contribution >= 0.6 is 11.6 Å². The summed E-state index contributed by atoms with van der Waals surface area (Å²) in [6.07, 6.45) is -1.05. The van der Waals surface area contributed by atoms with Gasteiger partial charge in [-0.15, -0.1) is 0 Å². The van der Waals surface area contributed by atoms with E-state index in [2.05, 4.69) is 0 Å². The predicted octanol–water partition coefficient (Wildman–Crippen LogP) is 5.31. The molecule has 0 unspecified atom stereocenters. The van der Waals surface area contributed by atoms with Gasteiger partial charge in [-0.05, 0) is 41.1 Å². The third-order valence-electron chi connectivity index (χ3n) is 3.25. The smallest absolute Gasteiger partial charge is 0.416 e. The van der Waals surface area contributed by atoms with Gasteiger partial charge in [0.1, 0.15) is 0 Å². The van der Waals surface area contributed by atoms with Crippen molar-refractivity contribution >= 4 is 39.8 Å². The van der Waals surface area contributed by atoms with Crippen molar-refractivity contribution in [3.05, 3.63) is 71.8 Å². The molecule has 0 atom stereocenters. The maximum absolute atomic E-state index is 11.6. The number of halogens is 1. The lowest BCUT2D eigenvalue weighted by Crippen LogP contribution is -2.23. The first-order valence-electron chi connectivity index (χ1n) is 6.42. The SMILES string of the molecule is O=C(O)N(c1cccc(Cl)c1)c1ccc2ccccc2c1. The van der Waals surface area contributed by atoms with Crippen molar-refractivity contribution in [2.45, 2.75) is 0 Å². The van der Waals surface area contributed by atoms with Crippen LogP contribution in [0.1, 0.15) is 0 Å². The second-order valence-electron chi connectivity index (χ2n) is 4.63. The monoisotopic (exact) mass is 297 g/mol.